The third kappa shape index (κ3) is 5.74. The van der Waals surface area contributed by atoms with Crippen LogP contribution < -0.4 is 10.1 Å². The predicted octanol–water partition coefficient (Wildman–Crippen LogP) is 4.40. The average molecular weight is 409 g/mol. The van der Waals surface area contributed by atoms with Crippen LogP contribution in [-0.2, 0) is 17.6 Å². The number of carbonyl (C=O) groups is 1. The van der Waals surface area contributed by atoms with Gasteiger partial charge in [0.1, 0.15) is 5.75 Å². The van der Waals surface area contributed by atoms with Gasteiger partial charge in [0.05, 0.1) is 11.3 Å². The number of benzene rings is 2. The zero-order chi connectivity index (χ0) is 20.0. The van der Waals surface area contributed by atoms with Crippen LogP contribution in [0.2, 0.25) is 0 Å². The first-order valence-electron chi connectivity index (χ1n) is 8.00. The Morgan fingerprint density at radius 1 is 1.07 bits per heavy atom. The molecule has 0 aliphatic carbocycles. The van der Waals surface area contributed by atoms with Crippen molar-refractivity contribution < 1.29 is 27.1 Å². The molecule has 10 heteroatoms. The molecular weight excluding hydrogens is 395 g/mol. The molecule has 146 valence electrons. The summed E-state index contributed by atoms with van der Waals surface area (Å²) in [4.78, 5) is 11.9. The summed E-state index contributed by atoms with van der Waals surface area (Å²) in [7, 11) is 0. The fraction of sp³-hybridized carbons (Fsp3) is 0.167. The number of halogens is 3. The lowest BCUT2D eigenvalue weighted by molar-refractivity contribution is -0.137. The molecule has 0 saturated heterocycles. The maximum Gasteiger partial charge on any atom is 0.416 e. The van der Waals surface area contributed by atoms with Crippen LogP contribution in [-0.4, -0.2) is 21.9 Å². The lowest BCUT2D eigenvalue weighted by Gasteiger charge is -2.08. The smallest absolute Gasteiger partial charge is 0.416 e. The molecule has 2 aromatic carbocycles. The zero-order valence-electron chi connectivity index (χ0n) is 14.3. The highest BCUT2D eigenvalue weighted by molar-refractivity contribution is 7.99. The van der Waals surface area contributed by atoms with Gasteiger partial charge in [-0.2, -0.15) is 13.2 Å². The van der Waals surface area contributed by atoms with Gasteiger partial charge in [-0.3, -0.25) is 4.79 Å². The van der Waals surface area contributed by atoms with Crippen molar-refractivity contribution in [1.29, 1.82) is 0 Å². The molecule has 6 nitrogen and oxygen atoms in total. The van der Waals surface area contributed by atoms with E-state index in [1.807, 2.05) is 18.2 Å². The van der Waals surface area contributed by atoms with Crippen LogP contribution in [0.1, 0.15) is 11.5 Å². The third-order valence-corrected chi connectivity index (χ3v) is 4.20. The van der Waals surface area contributed by atoms with Crippen LogP contribution in [0, 0.1) is 0 Å². The summed E-state index contributed by atoms with van der Waals surface area (Å²) >= 11 is 1.01. The maximum atomic E-state index is 12.5. The van der Waals surface area contributed by atoms with Crippen molar-refractivity contribution in [1.82, 2.24) is 10.2 Å². The normalized spacial score (nSPS) is 11.2. The van der Waals surface area contributed by atoms with E-state index in [2.05, 4.69) is 15.5 Å². The molecule has 0 aliphatic rings. The molecule has 0 atom stereocenters. The number of anilines is 1. The van der Waals surface area contributed by atoms with Crippen molar-refractivity contribution in [2.24, 2.45) is 0 Å². The molecule has 28 heavy (non-hydrogen) atoms. The molecule has 3 rings (SSSR count). The first kappa shape index (κ1) is 19.7. The van der Waals surface area contributed by atoms with Gasteiger partial charge in [0.15, 0.2) is 6.61 Å². The zero-order valence-corrected chi connectivity index (χ0v) is 15.1. The van der Waals surface area contributed by atoms with E-state index in [0.717, 1.165) is 23.9 Å². The Morgan fingerprint density at radius 3 is 2.46 bits per heavy atom. The minimum atomic E-state index is -4.42. The summed E-state index contributed by atoms with van der Waals surface area (Å²) in [6.45, 7) is 0.0926. The molecule has 0 fully saturated rings. The van der Waals surface area contributed by atoms with E-state index in [1.54, 1.807) is 12.1 Å². The molecule has 1 heterocycles. The van der Waals surface area contributed by atoms with Gasteiger partial charge in [0, 0.05) is 5.69 Å². The standard InChI is InChI=1S/C18H14F3N3O3S/c19-18(20,21)12-6-8-13(9-7-12)22-15(25)11-28-17-24-23-16(27-17)10-26-14-4-2-1-3-5-14/h1-9H,10-11H2,(H,22,25). The molecule has 3 aromatic rings. The minimum absolute atomic E-state index is 0.0395. The molecule has 0 unspecified atom stereocenters. The van der Waals surface area contributed by atoms with Crippen LogP contribution in [0.3, 0.4) is 0 Å². The summed E-state index contributed by atoms with van der Waals surface area (Å²) in [6.07, 6.45) is -4.42. The van der Waals surface area contributed by atoms with Gasteiger partial charge in [-0.25, -0.2) is 0 Å². The highest BCUT2D eigenvalue weighted by atomic mass is 32.2. The van der Waals surface area contributed by atoms with Crippen LogP contribution in [0.15, 0.2) is 64.2 Å². The van der Waals surface area contributed by atoms with Gasteiger partial charge >= 0.3 is 6.18 Å². The maximum absolute atomic E-state index is 12.5. The second-order valence-electron chi connectivity index (χ2n) is 5.48. The number of ether oxygens (including phenoxy) is 1. The Morgan fingerprint density at radius 2 is 1.79 bits per heavy atom. The van der Waals surface area contributed by atoms with Gasteiger partial charge in [0.25, 0.3) is 11.1 Å². The van der Waals surface area contributed by atoms with Crippen molar-refractivity contribution in [2.75, 3.05) is 11.1 Å². The highest BCUT2D eigenvalue weighted by Crippen LogP contribution is 2.29. The summed E-state index contributed by atoms with van der Waals surface area (Å²) in [5.74, 6) is 0.465. The van der Waals surface area contributed by atoms with E-state index in [4.69, 9.17) is 9.15 Å². The van der Waals surface area contributed by atoms with E-state index in [0.29, 0.717) is 5.75 Å². The number of para-hydroxylation sites is 1. The second-order valence-corrected chi connectivity index (χ2v) is 6.40. The topological polar surface area (TPSA) is 77.2 Å². The number of hydrogen-bond donors (Lipinski definition) is 1. The number of hydrogen-bond acceptors (Lipinski definition) is 6. The number of nitrogens with zero attached hydrogens (tertiary/aromatic N) is 2. The number of aromatic nitrogens is 2. The number of carbonyl (C=O) groups excluding carboxylic acids is 1. The highest BCUT2D eigenvalue weighted by Gasteiger charge is 2.29. The van der Waals surface area contributed by atoms with Crippen LogP contribution in [0.4, 0.5) is 18.9 Å². The predicted molar refractivity (Wildman–Crippen MR) is 95.9 cm³/mol. The lowest BCUT2D eigenvalue weighted by Crippen LogP contribution is -2.14. The van der Waals surface area contributed by atoms with Gasteiger partial charge in [-0.05, 0) is 36.4 Å². The SMILES string of the molecule is O=C(CSc1nnc(COc2ccccc2)o1)Nc1ccc(C(F)(F)F)cc1. The second kappa shape index (κ2) is 8.79. The number of alkyl halides is 3. The Bertz CT molecular complexity index is 915. The van der Waals surface area contributed by atoms with Gasteiger partial charge < -0.3 is 14.5 Å². The minimum Gasteiger partial charge on any atom is -0.484 e. The molecule has 0 saturated carbocycles. The molecular formula is C18H14F3N3O3S. The molecule has 1 aromatic heterocycles. The van der Waals surface area contributed by atoms with Crippen molar-refractivity contribution in [3.8, 4) is 5.75 Å². The van der Waals surface area contributed by atoms with Crippen LogP contribution in [0.5, 0.6) is 5.75 Å². The Hall–Kier alpha value is -3.01. The number of rotatable bonds is 7. The lowest BCUT2D eigenvalue weighted by atomic mass is 10.2. The Balaban J connectivity index is 1.45. The quantitative estimate of drug-likeness (QED) is 0.583. The van der Waals surface area contributed by atoms with E-state index >= 15 is 0 Å². The van der Waals surface area contributed by atoms with E-state index in [-0.39, 0.29) is 29.2 Å². The molecule has 0 bridgehead atoms. The van der Waals surface area contributed by atoms with Gasteiger partial charge in [0.2, 0.25) is 5.91 Å². The largest absolute Gasteiger partial charge is 0.484 e. The molecule has 0 spiro atoms. The summed E-state index contributed by atoms with van der Waals surface area (Å²) in [5.41, 5.74) is -0.517. The summed E-state index contributed by atoms with van der Waals surface area (Å²) in [6, 6.07) is 13.3. The molecule has 0 aliphatic heterocycles. The average Bonchev–Trinajstić information content (AvgIpc) is 3.13. The molecule has 1 amide bonds. The first-order chi connectivity index (χ1) is 13.4. The van der Waals surface area contributed by atoms with Crippen LogP contribution >= 0.6 is 11.8 Å². The Kier molecular flexibility index (Phi) is 6.19. The van der Waals surface area contributed by atoms with Gasteiger partial charge in [-0.1, -0.05) is 30.0 Å². The van der Waals surface area contributed by atoms with E-state index < -0.39 is 17.6 Å². The van der Waals surface area contributed by atoms with E-state index in [9.17, 15) is 18.0 Å². The van der Waals surface area contributed by atoms with E-state index in [1.165, 1.54) is 12.1 Å². The summed E-state index contributed by atoms with van der Waals surface area (Å²) < 4.78 is 48.4. The molecule has 0 radical (unpaired) electrons. The van der Waals surface area contributed by atoms with Crippen molar-refractivity contribution in [2.45, 2.75) is 18.0 Å². The number of nitrogens with one attached hydrogen (secondary N) is 1. The fourth-order valence-corrected chi connectivity index (χ4v) is 2.66. The number of amides is 1. The molecule has 1 N–H and O–H groups in total. The first-order valence-corrected chi connectivity index (χ1v) is 8.99. The third-order valence-electron chi connectivity index (χ3n) is 3.38. The Labute approximate surface area is 162 Å². The van der Waals surface area contributed by atoms with Crippen LogP contribution in [0.25, 0.3) is 0 Å². The van der Waals surface area contributed by atoms with Crippen molar-refractivity contribution >= 4 is 23.4 Å². The van der Waals surface area contributed by atoms with Gasteiger partial charge in [-0.15, -0.1) is 10.2 Å². The monoisotopic (exact) mass is 409 g/mol. The van der Waals surface area contributed by atoms with Crippen molar-refractivity contribution in [3.63, 3.8) is 0 Å². The van der Waals surface area contributed by atoms with Crippen molar-refractivity contribution in [3.05, 3.63) is 66.1 Å². The summed E-state index contributed by atoms with van der Waals surface area (Å²) in [5, 5.41) is 10.3. The number of thioether (sulfide) groups is 1. The fourth-order valence-electron chi connectivity index (χ4n) is 2.08.